The number of hydrogen-bond donors (Lipinski definition) is 2. The summed E-state index contributed by atoms with van der Waals surface area (Å²) in [6.45, 7) is 4.95. The molecule has 0 bridgehead atoms. The van der Waals surface area contributed by atoms with E-state index >= 15 is 0 Å². The minimum absolute atomic E-state index is 0.0285. The molecule has 0 saturated heterocycles. The number of H-pyrrole nitrogens is 1. The summed E-state index contributed by atoms with van der Waals surface area (Å²) >= 11 is 0. The van der Waals surface area contributed by atoms with Crippen LogP contribution >= 0.6 is 0 Å². The zero-order chi connectivity index (χ0) is 21.1. The first-order chi connectivity index (χ1) is 14.5. The summed E-state index contributed by atoms with van der Waals surface area (Å²) in [5.41, 5.74) is 1.21. The van der Waals surface area contributed by atoms with Crippen LogP contribution in [0.1, 0.15) is 12.1 Å². The number of rotatable bonds is 7. The molecular formula is C22H22N4O4. The molecule has 0 spiro atoms. The van der Waals surface area contributed by atoms with Gasteiger partial charge in [0.2, 0.25) is 0 Å². The highest BCUT2D eigenvalue weighted by Gasteiger charge is 2.05. The van der Waals surface area contributed by atoms with Gasteiger partial charge in [-0.1, -0.05) is 6.58 Å². The molecule has 0 fully saturated rings. The third-order valence-electron chi connectivity index (χ3n) is 4.70. The average Bonchev–Trinajstić information content (AvgIpc) is 3.34. The Morgan fingerprint density at radius 2 is 2.00 bits per heavy atom. The van der Waals surface area contributed by atoms with Crippen molar-refractivity contribution in [1.29, 1.82) is 5.41 Å². The van der Waals surface area contributed by atoms with Crippen molar-refractivity contribution in [1.82, 2.24) is 14.1 Å². The second-order valence-corrected chi connectivity index (χ2v) is 6.75. The zero-order valence-corrected chi connectivity index (χ0v) is 16.6. The van der Waals surface area contributed by atoms with Crippen LogP contribution in [0.15, 0.2) is 58.0 Å². The standard InChI is InChI=1S/C22H22N4O4/c1-15-13-20-24-22(27)19(21(23)26(20)30-15)14-16-5-3-10-25(16)11-4-12-29-18-8-6-17(28-2)7-9-18/h3,5-10,13-14,23H,1,4,11-12H2,2H3,(H,24,27)/b19-14-,23-21?. The van der Waals surface area contributed by atoms with Crippen LogP contribution < -0.4 is 31.2 Å². The minimum Gasteiger partial charge on any atom is -0.497 e. The van der Waals surface area contributed by atoms with E-state index in [-0.39, 0.29) is 16.3 Å². The second kappa shape index (κ2) is 8.20. The fourth-order valence-electron chi connectivity index (χ4n) is 3.20. The molecule has 0 aliphatic heterocycles. The summed E-state index contributed by atoms with van der Waals surface area (Å²) in [6.07, 6.45) is 4.40. The van der Waals surface area contributed by atoms with E-state index in [1.807, 2.05) is 47.2 Å². The molecule has 0 aliphatic carbocycles. The van der Waals surface area contributed by atoms with Gasteiger partial charge in [0.15, 0.2) is 16.6 Å². The highest BCUT2D eigenvalue weighted by molar-refractivity contribution is 5.46. The third-order valence-corrected chi connectivity index (χ3v) is 4.70. The van der Waals surface area contributed by atoms with Crippen LogP contribution in [0.3, 0.4) is 0 Å². The highest BCUT2D eigenvalue weighted by Crippen LogP contribution is 2.17. The molecule has 0 amide bonds. The van der Waals surface area contributed by atoms with Gasteiger partial charge < -0.3 is 23.5 Å². The summed E-state index contributed by atoms with van der Waals surface area (Å²) in [6, 6.07) is 12.8. The van der Waals surface area contributed by atoms with Crippen molar-refractivity contribution in [3.05, 3.63) is 80.8 Å². The quantitative estimate of drug-likeness (QED) is 0.451. The van der Waals surface area contributed by atoms with Crippen LogP contribution in [0, 0.1) is 5.41 Å². The van der Waals surface area contributed by atoms with E-state index in [0.717, 1.165) is 23.6 Å². The third kappa shape index (κ3) is 3.93. The van der Waals surface area contributed by atoms with E-state index in [2.05, 4.69) is 11.6 Å². The number of aryl methyl sites for hydroxylation is 1. The van der Waals surface area contributed by atoms with Gasteiger partial charge in [-0.3, -0.25) is 10.2 Å². The van der Waals surface area contributed by atoms with Gasteiger partial charge in [-0.05, 0) is 48.9 Å². The molecule has 0 atom stereocenters. The van der Waals surface area contributed by atoms with Crippen LogP contribution in [0.4, 0.5) is 0 Å². The van der Waals surface area contributed by atoms with Gasteiger partial charge in [0.25, 0.3) is 5.56 Å². The SMILES string of the molecule is C=c1cc2[nH]c(=O)/c(=C\c3cccn3CCCOc3ccc(OC)cc3)c(=N)n2o1. The molecule has 0 unspecified atom stereocenters. The Kier molecular flexibility index (Phi) is 5.30. The molecule has 1 aromatic carbocycles. The van der Waals surface area contributed by atoms with E-state index in [9.17, 15) is 4.79 Å². The lowest BCUT2D eigenvalue weighted by atomic mass is 10.3. The summed E-state index contributed by atoms with van der Waals surface area (Å²) in [5.74, 6) is 1.57. The Morgan fingerprint density at radius 3 is 2.77 bits per heavy atom. The van der Waals surface area contributed by atoms with Crippen molar-refractivity contribution in [3.8, 4) is 11.5 Å². The molecular weight excluding hydrogens is 384 g/mol. The maximum absolute atomic E-state index is 12.4. The van der Waals surface area contributed by atoms with E-state index in [1.165, 1.54) is 4.57 Å². The highest BCUT2D eigenvalue weighted by atomic mass is 16.5. The number of benzene rings is 1. The first-order valence-electron chi connectivity index (χ1n) is 9.48. The summed E-state index contributed by atoms with van der Waals surface area (Å²) < 4.78 is 19.5. The van der Waals surface area contributed by atoms with Crippen LogP contribution in [0.5, 0.6) is 11.5 Å². The Morgan fingerprint density at radius 1 is 1.23 bits per heavy atom. The molecule has 0 aliphatic rings. The van der Waals surface area contributed by atoms with Crippen LogP contribution in [0.2, 0.25) is 0 Å². The Hall–Kier alpha value is -3.94. The van der Waals surface area contributed by atoms with E-state index in [0.29, 0.717) is 24.2 Å². The number of aromatic amines is 1. The molecule has 0 saturated carbocycles. The van der Waals surface area contributed by atoms with Crippen molar-refractivity contribution in [2.45, 2.75) is 13.0 Å². The second-order valence-electron chi connectivity index (χ2n) is 6.75. The lowest BCUT2D eigenvalue weighted by Gasteiger charge is -2.09. The number of nitrogens with zero attached hydrogens (tertiary/aromatic N) is 2. The Labute approximate surface area is 171 Å². The normalized spacial score (nSPS) is 11.8. The lowest BCUT2D eigenvalue weighted by Crippen LogP contribution is -2.44. The molecule has 2 N–H and O–H groups in total. The van der Waals surface area contributed by atoms with Gasteiger partial charge in [0.1, 0.15) is 11.5 Å². The Bertz CT molecular complexity index is 1390. The predicted octanol–water partition coefficient (Wildman–Crippen LogP) is 1.22. The predicted molar refractivity (Wildman–Crippen MR) is 112 cm³/mol. The van der Waals surface area contributed by atoms with Gasteiger partial charge in [-0.2, -0.15) is 0 Å². The molecule has 4 aromatic rings. The minimum atomic E-state index is -0.351. The van der Waals surface area contributed by atoms with Crippen molar-refractivity contribution in [3.63, 3.8) is 0 Å². The summed E-state index contributed by atoms with van der Waals surface area (Å²) in [4.78, 5) is 15.2. The molecule has 3 aromatic heterocycles. The van der Waals surface area contributed by atoms with Crippen molar-refractivity contribution in [2.75, 3.05) is 13.7 Å². The number of nitrogens with one attached hydrogen (secondary N) is 2. The molecule has 4 rings (SSSR count). The first-order valence-corrected chi connectivity index (χ1v) is 9.48. The van der Waals surface area contributed by atoms with Crippen LogP contribution in [-0.2, 0) is 6.54 Å². The van der Waals surface area contributed by atoms with Gasteiger partial charge in [-0.15, -0.1) is 4.57 Å². The molecule has 30 heavy (non-hydrogen) atoms. The smallest absolute Gasteiger partial charge is 0.260 e. The number of fused-ring (bicyclic) bond motifs is 1. The molecule has 3 heterocycles. The maximum Gasteiger partial charge on any atom is 0.260 e. The van der Waals surface area contributed by atoms with Gasteiger partial charge in [-0.25, -0.2) is 0 Å². The van der Waals surface area contributed by atoms with Crippen molar-refractivity contribution in [2.24, 2.45) is 0 Å². The molecule has 8 nitrogen and oxygen atoms in total. The monoisotopic (exact) mass is 406 g/mol. The number of methoxy groups -OCH3 is 1. The fraction of sp³-hybridized carbons (Fsp3) is 0.182. The average molecular weight is 406 g/mol. The fourth-order valence-corrected chi connectivity index (χ4v) is 3.20. The van der Waals surface area contributed by atoms with Crippen LogP contribution in [-0.4, -0.2) is 27.8 Å². The van der Waals surface area contributed by atoms with Gasteiger partial charge >= 0.3 is 0 Å². The van der Waals surface area contributed by atoms with E-state index < -0.39 is 0 Å². The largest absolute Gasteiger partial charge is 0.497 e. The number of aromatic nitrogens is 3. The topological polar surface area (TPSA) is 97.6 Å². The number of hydrogen-bond acceptors (Lipinski definition) is 5. The molecule has 154 valence electrons. The van der Waals surface area contributed by atoms with Crippen molar-refractivity contribution < 1.29 is 14.0 Å². The van der Waals surface area contributed by atoms with Crippen LogP contribution in [0.25, 0.3) is 18.3 Å². The van der Waals surface area contributed by atoms with E-state index in [4.69, 9.17) is 19.4 Å². The summed E-state index contributed by atoms with van der Waals surface area (Å²) in [5, 5.41) is 8.53. The van der Waals surface area contributed by atoms with Gasteiger partial charge in [0.05, 0.1) is 18.9 Å². The van der Waals surface area contributed by atoms with Gasteiger partial charge in [0, 0.05) is 24.5 Å². The maximum atomic E-state index is 12.4. The molecule has 8 heteroatoms. The zero-order valence-electron chi connectivity index (χ0n) is 16.6. The van der Waals surface area contributed by atoms with E-state index in [1.54, 1.807) is 19.3 Å². The first kappa shape index (κ1) is 19.4. The van der Waals surface area contributed by atoms with Crippen molar-refractivity contribution >= 4 is 18.3 Å². The Balaban J connectivity index is 1.49. The number of ether oxygens (including phenoxy) is 2. The molecule has 0 radical (unpaired) electrons. The summed E-state index contributed by atoms with van der Waals surface area (Å²) in [7, 11) is 1.63. The lowest BCUT2D eigenvalue weighted by molar-refractivity contribution is 0.301.